The first kappa shape index (κ1) is 29.5. The van der Waals surface area contributed by atoms with Gasteiger partial charge in [0.1, 0.15) is 16.2 Å². The second-order valence-electron chi connectivity index (χ2n) is 9.22. The summed E-state index contributed by atoms with van der Waals surface area (Å²) in [5.41, 5.74) is -0.426. The molecular weight excluding hydrogens is 534 g/mol. The highest BCUT2D eigenvalue weighted by atomic mass is 35.5. The van der Waals surface area contributed by atoms with Crippen LogP contribution in [0.2, 0.25) is 5.02 Å². The zero-order valence-corrected chi connectivity index (χ0v) is 23.0. The largest absolute Gasteiger partial charge is 0.455 e. The van der Waals surface area contributed by atoms with E-state index in [0.717, 1.165) is 44.4 Å². The van der Waals surface area contributed by atoms with E-state index in [2.05, 4.69) is 10.3 Å². The molecule has 0 radical (unpaired) electrons. The summed E-state index contributed by atoms with van der Waals surface area (Å²) in [6.07, 6.45) is 6.37. The van der Waals surface area contributed by atoms with Crippen LogP contribution >= 0.6 is 11.6 Å². The van der Waals surface area contributed by atoms with Crippen molar-refractivity contribution in [2.24, 2.45) is 0 Å². The van der Waals surface area contributed by atoms with Crippen molar-refractivity contribution < 1.29 is 32.3 Å². The second-order valence-corrected chi connectivity index (χ2v) is 11.3. The molecule has 1 aliphatic carbocycles. The van der Waals surface area contributed by atoms with Crippen molar-refractivity contribution in [3.8, 4) is 0 Å². The molecule has 206 valence electrons. The van der Waals surface area contributed by atoms with Gasteiger partial charge in [0.15, 0.2) is 0 Å². The molecule has 0 aliphatic heterocycles. The number of nitrogens with zero attached hydrogens (tertiary/aromatic N) is 1. The lowest BCUT2D eigenvalue weighted by Crippen LogP contribution is -2.34. The molecule has 1 fully saturated rings. The Bertz CT molecular complexity index is 1260. The summed E-state index contributed by atoms with van der Waals surface area (Å²) in [5, 5.41) is 2.48. The number of sulfonamides is 1. The van der Waals surface area contributed by atoms with Gasteiger partial charge in [0.2, 0.25) is 0 Å². The summed E-state index contributed by atoms with van der Waals surface area (Å²) in [6.45, 7) is 5.26. The molecule has 0 atom stereocenters. The number of halogens is 1. The predicted molar refractivity (Wildman–Crippen MR) is 141 cm³/mol. The molecule has 0 unspecified atom stereocenters. The van der Waals surface area contributed by atoms with Crippen molar-refractivity contribution in [1.82, 2.24) is 15.0 Å². The van der Waals surface area contributed by atoms with Gasteiger partial charge in [-0.2, -0.15) is 0 Å². The van der Waals surface area contributed by atoms with Gasteiger partial charge in [-0.05, 0) is 76.3 Å². The predicted octanol–water partition coefficient (Wildman–Crippen LogP) is 3.89. The average molecular weight is 566 g/mol. The topological polar surface area (TPSA) is 141 Å². The molecule has 38 heavy (non-hydrogen) atoms. The number of aromatic nitrogens is 1. The van der Waals surface area contributed by atoms with E-state index < -0.39 is 33.4 Å². The van der Waals surface area contributed by atoms with Crippen molar-refractivity contribution in [2.45, 2.75) is 62.9 Å². The Labute approximate surface area is 227 Å². The van der Waals surface area contributed by atoms with Gasteiger partial charge in [-0.3, -0.25) is 9.59 Å². The maximum atomic E-state index is 12.8. The molecule has 12 heteroatoms. The van der Waals surface area contributed by atoms with Crippen LogP contribution < -0.4 is 10.0 Å². The third-order valence-corrected chi connectivity index (χ3v) is 7.96. The maximum Gasteiger partial charge on any atom is 0.357 e. The number of benzene rings is 1. The van der Waals surface area contributed by atoms with Crippen molar-refractivity contribution >= 4 is 39.4 Å². The molecule has 1 aromatic carbocycles. The molecule has 2 N–H and O–H groups in total. The van der Waals surface area contributed by atoms with E-state index in [0.29, 0.717) is 26.2 Å². The van der Waals surface area contributed by atoms with Gasteiger partial charge in [-0.25, -0.2) is 22.9 Å². The third kappa shape index (κ3) is 7.99. The summed E-state index contributed by atoms with van der Waals surface area (Å²) in [6, 6.07) is 6.27. The monoisotopic (exact) mass is 565 g/mol. The van der Waals surface area contributed by atoms with E-state index in [9.17, 15) is 22.8 Å². The standard InChI is InChI=1S/C26H32ClN3O7S/c1-3-36-15-7-14-28-23(31)18-9-11-22(20(27)16-18)38(34,35)30-24(32)19-8-10-21(29-17-19)25(33)37-26(2)12-5-4-6-13-26/h8-11,16-17H,3-7,12-15H2,1-2H3,(H,28,31)(H,30,32). The Balaban J connectivity index is 1.61. The lowest BCUT2D eigenvalue weighted by Gasteiger charge is -2.32. The van der Waals surface area contributed by atoms with Crippen LogP contribution in [0.25, 0.3) is 0 Å². The van der Waals surface area contributed by atoms with E-state index >= 15 is 0 Å². The van der Waals surface area contributed by atoms with E-state index in [1.165, 1.54) is 24.3 Å². The van der Waals surface area contributed by atoms with E-state index in [1.807, 2.05) is 18.6 Å². The minimum atomic E-state index is -4.36. The van der Waals surface area contributed by atoms with E-state index in [1.54, 1.807) is 0 Å². The molecule has 1 saturated carbocycles. The molecule has 3 rings (SSSR count). The first-order valence-corrected chi connectivity index (χ1v) is 14.3. The molecule has 2 aromatic rings. The fraction of sp³-hybridized carbons (Fsp3) is 0.462. The van der Waals surface area contributed by atoms with Crippen LogP contribution in [0.1, 0.15) is 83.6 Å². The van der Waals surface area contributed by atoms with Crippen molar-refractivity contribution in [3.05, 3.63) is 58.4 Å². The van der Waals surface area contributed by atoms with Crippen LogP contribution in [0.15, 0.2) is 41.4 Å². The number of amides is 2. The summed E-state index contributed by atoms with van der Waals surface area (Å²) in [7, 11) is -4.36. The molecule has 0 saturated heterocycles. The molecule has 0 spiro atoms. The SMILES string of the molecule is CCOCCCNC(=O)c1ccc(S(=O)(=O)NC(=O)c2ccc(C(=O)OC3(C)CCCCC3)nc2)c(Cl)c1. The number of rotatable bonds is 11. The lowest BCUT2D eigenvalue weighted by atomic mass is 9.86. The molecule has 1 heterocycles. The maximum absolute atomic E-state index is 12.8. The van der Waals surface area contributed by atoms with Gasteiger partial charge in [-0.15, -0.1) is 0 Å². The molecule has 2 amide bonds. The minimum Gasteiger partial charge on any atom is -0.455 e. The Kier molecular flexibility index (Phi) is 10.2. The highest BCUT2D eigenvalue weighted by molar-refractivity contribution is 7.90. The van der Waals surface area contributed by atoms with Gasteiger partial charge >= 0.3 is 5.97 Å². The smallest absolute Gasteiger partial charge is 0.357 e. The van der Waals surface area contributed by atoms with Crippen LogP contribution in [-0.2, 0) is 19.5 Å². The Morgan fingerprint density at radius 1 is 1.05 bits per heavy atom. The summed E-state index contributed by atoms with van der Waals surface area (Å²) in [4.78, 5) is 41.0. The third-order valence-electron chi connectivity index (χ3n) is 6.15. The van der Waals surface area contributed by atoms with Gasteiger partial charge in [0, 0.05) is 31.5 Å². The quantitative estimate of drug-likeness (QED) is 0.309. The number of carbonyl (C=O) groups excluding carboxylic acids is 3. The molecule has 10 nitrogen and oxygen atoms in total. The highest BCUT2D eigenvalue weighted by Crippen LogP contribution is 2.31. The number of ether oxygens (including phenoxy) is 2. The Hall–Kier alpha value is -3.02. The van der Waals surface area contributed by atoms with E-state index in [4.69, 9.17) is 21.1 Å². The number of hydrogen-bond acceptors (Lipinski definition) is 8. The van der Waals surface area contributed by atoms with Gasteiger partial charge < -0.3 is 14.8 Å². The highest BCUT2D eigenvalue weighted by Gasteiger charge is 2.31. The van der Waals surface area contributed by atoms with Crippen molar-refractivity contribution in [2.75, 3.05) is 19.8 Å². The normalized spacial score (nSPS) is 14.9. The summed E-state index contributed by atoms with van der Waals surface area (Å²) in [5.74, 6) is -1.97. The van der Waals surface area contributed by atoms with Gasteiger partial charge in [0.05, 0.1) is 10.6 Å². The lowest BCUT2D eigenvalue weighted by molar-refractivity contribution is -0.0274. The van der Waals surface area contributed by atoms with E-state index in [-0.39, 0.29) is 26.7 Å². The number of esters is 1. The number of carbonyl (C=O) groups is 3. The molecule has 0 bridgehead atoms. The fourth-order valence-electron chi connectivity index (χ4n) is 4.05. The first-order chi connectivity index (χ1) is 18.0. The fourth-order valence-corrected chi connectivity index (χ4v) is 5.57. The number of hydrogen-bond donors (Lipinski definition) is 2. The zero-order chi connectivity index (χ0) is 27.8. The Morgan fingerprint density at radius 2 is 1.76 bits per heavy atom. The van der Waals surface area contributed by atoms with Crippen molar-refractivity contribution in [1.29, 1.82) is 0 Å². The minimum absolute atomic E-state index is 0.0194. The van der Waals surface area contributed by atoms with Crippen LogP contribution in [0.3, 0.4) is 0 Å². The Morgan fingerprint density at radius 3 is 2.39 bits per heavy atom. The van der Waals surface area contributed by atoms with Gasteiger partial charge in [0.25, 0.3) is 21.8 Å². The summed E-state index contributed by atoms with van der Waals surface area (Å²) >= 11 is 6.14. The van der Waals surface area contributed by atoms with Crippen LogP contribution in [0.4, 0.5) is 0 Å². The second kappa shape index (κ2) is 13.2. The summed E-state index contributed by atoms with van der Waals surface area (Å²) < 4.78 is 38.4. The van der Waals surface area contributed by atoms with Gasteiger partial charge in [-0.1, -0.05) is 18.0 Å². The number of nitrogens with one attached hydrogen (secondary N) is 2. The molecule has 1 aliphatic rings. The van der Waals surface area contributed by atoms with Crippen LogP contribution in [-0.4, -0.2) is 56.5 Å². The molecule has 1 aromatic heterocycles. The van der Waals surface area contributed by atoms with Crippen LogP contribution in [0, 0.1) is 0 Å². The first-order valence-electron chi connectivity index (χ1n) is 12.5. The van der Waals surface area contributed by atoms with Crippen LogP contribution in [0.5, 0.6) is 0 Å². The number of pyridine rings is 1. The zero-order valence-electron chi connectivity index (χ0n) is 21.4. The van der Waals surface area contributed by atoms with Crippen molar-refractivity contribution in [3.63, 3.8) is 0 Å². The average Bonchev–Trinajstić information content (AvgIpc) is 2.88. The molecular formula is C26H32ClN3O7S.